The number of nitrogens with one attached hydrogen (secondary N) is 1. The highest BCUT2D eigenvalue weighted by atomic mass is 32.2. The number of hydrogen-bond donors (Lipinski definition) is 1. The van der Waals surface area contributed by atoms with Crippen LogP contribution in [0.5, 0.6) is 0 Å². The minimum absolute atomic E-state index is 0.127. The van der Waals surface area contributed by atoms with Crippen molar-refractivity contribution in [3.63, 3.8) is 0 Å². The van der Waals surface area contributed by atoms with Crippen molar-refractivity contribution in [1.82, 2.24) is 5.32 Å². The lowest BCUT2D eigenvalue weighted by molar-refractivity contribution is 0.294. The summed E-state index contributed by atoms with van der Waals surface area (Å²) in [5.41, 5.74) is 2.99. The maximum atomic E-state index is 12.6. The molecule has 0 spiro atoms. The maximum absolute atomic E-state index is 12.6. The largest absolute Gasteiger partial charge is 0.313 e. The molecule has 1 aromatic rings. The lowest BCUT2D eigenvalue weighted by Gasteiger charge is -2.31. The van der Waals surface area contributed by atoms with E-state index in [0.29, 0.717) is 5.75 Å². The molecule has 0 heterocycles. The van der Waals surface area contributed by atoms with E-state index in [9.17, 15) is 4.21 Å². The van der Waals surface area contributed by atoms with Crippen molar-refractivity contribution in [2.45, 2.75) is 57.9 Å². The zero-order valence-electron chi connectivity index (χ0n) is 13.2. The van der Waals surface area contributed by atoms with Crippen LogP contribution in [0.1, 0.15) is 45.2 Å². The third-order valence-corrected chi connectivity index (χ3v) is 5.56. The van der Waals surface area contributed by atoms with Gasteiger partial charge in [0.05, 0.1) is 10.8 Å². The van der Waals surface area contributed by atoms with E-state index in [0.717, 1.165) is 17.9 Å². The average molecular weight is 293 g/mol. The third kappa shape index (κ3) is 3.70. The van der Waals surface area contributed by atoms with Crippen LogP contribution in [0, 0.1) is 5.41 Å². The number of benzene rings is 1. The summed E-state index contributed by atoms with van der Waals surface area (Å²) in [6.07, 6.45) is 3.58. The van der Waals surface area contributed by atoms with E-state index in [4.69, 9.17) is 0 Å². The van der Waals surface area contributed by atoms with Crippen LogP contribution in [0.2, 0.25) is 0 Å². The van der Waals surface area contributed by atoms with E-state index in [1.54, 1.807) is 0 Å². The number of hydrogen-bond acceptors (Lipinski definition) is 2. The van der Waals surface area contributed by atoms with Gasteiger partial charge in [-0.2, -0.15) is 0 Å². The molecular formula is C17H27NOS. The molecule has 0 saturated heterocycles. The van der Waals surface area contributed by atoms with Gasteiger partial charge in [-0.25, -0.2) is 0 Å². The normalized spacial score (nSPS) is 17.8. The Morgan fingerprint density at radius 2 is 1.95 bits per heavy atom. The van der Waals surface area contributed by atoms with E-state index in [1.165, 1.54) is 24.0 Å². The maximum Gasteiger partial charge on any atom is 0.0545 e. The molecule has 0 aromatic heterocycles. The molecule has 1 aliphatic carbocycles. The zero-order chi connectivity index (χ0) is 14.8. The summed E-state index contributed by atoms with van der Waals surface area (Å²) >= 11 is 0. The van der Waals surface area contributed by atoms with Crippen molar-refractivity contribution in [3.8, 4) is 0 Å². The molecule has 1 aliphatic rings. The standard InChI is InChI=1S/C17H27NOS/c1-5-18-16(17(2,3)4)12-20(19)15-10-9-13-7-6-8-14(13)11-15/h9-11,16,18H,5-8,12H2,1-4H3. The smallest absolute Gasteiger partial charge is 0.0545 e. The Morgan fingerprint density at radius 3 is 2.60 bits per heavy atom. The van der Waals surface area contributed by atoms with E-state index in [2.05, 4.69) is 51.2 Å². The third-order valence-electron chi connectivity index (χ3n) is 4.15. The van der Waals surface area contributed by atoms with Gasteiger partial charge in [0.25, 0.3) is 0 Å². The van der Waals surface area contributed by atoms with Gasteiger partial charge in [0.1, 0.15) is 0 Å². The van der Waals surface area contributed by atoms with E-state index in [1.807, 2.05) is 0 Å². The molecule has 0 bridgehead atoms. The molecule has 0 amide bonds. The molecule has 0 fully saturated rings. The highest BCUT2D eigenvalue weighted by molar-refractivity contribution is 7.85. The first kappa shape index (κ1) is 15.7. The fourth-order valence-corrected chi connectivity index (χ4v) is 4.41. The van der Waals surface area contributed by atoms with Gasteiger partial charge in [0, 0.05) is 16.7 Å². The lowest BCUT2D eigenvalue weighted by Crippen LogP contribution is -2.44. The molecule has 1 aromatic carbocycles. The summed E-state index contributed by atoms with van der Waals surface area (Å²) in [5, 5.41) is 3.48. The van der Waals surface area contributed by atoms with Crippen molar-refractivity contribution in [3.05, 3.63) is 29.3 Å². The molecule has 2 unspecified atom stereocenters. The average Bonchev–Trinajstić information content (AvgIpc) is 2.84. The molecule has 2 atom stereocenters. The molecule has 2 rings (SSSR count). The van der Waals surface area contributed by atoms with Crippen molar-refractivity contribution in [2.75, 3.05) is 12.3 Å². The van der Waals surface area contributed by atoms with Crippen LogP contribution >= 0.6 is 0 Å². The monoisotopic (exact) mass is 293 g/mol. The highest BCUT2D eigenvalue weighted by Gasteiger charge is 2.26. The second-order valence-electron chi connectivity index (χ2n) is 6.77. The van der Waals surface area contributed by atoms with Crippen molar-refractivity contribution in [2.24, 2.45) is 5.41 Å². The molecule has 3 heteroatoms. The Morgan fingerprint density at radius 1 is 1.25 bits per heavy atom. The van der Waals surface area contributed by atoms with Gasteiger partial charge in [-0.15, -0.1) is 0 Å². The van der Waals surface area contributed by atoms with Gasteiger partial charge in [-0.05, 0) is 54.5 Å². The molecule has 0 aliphatic heterocycles. The number of aryl methyl sites for hydroxylation is 2. The minimum atomic E-state index is -0.916. The van der Waals surface area contributed by atoms with Gasteiger partial charge >= 0.3 is 0 Å². The number of fused-ring (bicyclic) bond motifs is 1. The van der Waals surface area contributed by atoms with Gasteiger partial charge < -0.3 is 5.32 Å². The van der Waals surface area contributed by atoms with Crippen LogP contribution < -0.4 is 5.32 Å². The second kappa shape index (κ2) is 6.40. The molecule has 0 radical (unpaired) electrons. The first-order valence-corrected chi connectivity index (χ1v) is 8.97. The van der Waals surface area contributed by atoms with Crippen LogP contribution in [-0.2, 0) is 23.6 Å². The summed E-state index contributed by atoms with van der Waals surface area (Å²) in [6, 6.07) is 6.69. The van der Waals surface area contributed by atoms with Gasteiger partial charge in [-0.3, -0.25) is 4.21 Å². The molecule has 112 valence electrons. The van der Waals surface area contributed by atoms with Gasteiger partial charge in [0.15, 0.2) is 0 Å². The number of rotatable bonds is 5. The zero-order valence-corrected chi connectivity index (χ0v) is 14.0. The quantitative estimate of drug-likeness (QED) is 0.902. The fraction of sp³-hybridized carbons (Fsp3) is 0.647. The Bertz CT molecular complexity index is 490. The van der Waals surface area contributed by atoms with Crippen LogP contribution in [0.15, 0.2) is 23.1 Å². The molecule has 1 N–H and O–H groups in total. The van der Waals surface area contributed by atoms with E-state index >= 15 is 0 Å². The van der Waals surface area contributed by atoms with Crippen molar-refractivity contribution < 1.29 is 4.21 Å². The molecule has 20 heavy (non-hydrogen) atoms. The Labute approximate surface area is 125 Å². The van der Waals surface area contributed by atoms with E-state index < -0.39 is 10.8 Å². The molecular weight excluding hydrogens is 266 g/mol. The van der Waals surface area contributed by atoms with Crippen LogP contribution in [0.4, 0.5) is 0 Å². The topological polar surface area (TPSA) is 29.1 Å². The lowest BCUT2D eigenvalue weighted by atomic mass is 9.88. The van der Waals surface area contributed by atoms with Gasteiger partial charge in [0.2, 0.25) is 0 Å². The summed E-state index contributed by atoms with van der Waals surface area (Å²) in [6.45, 7) is 9.65. The Hall–Kier alpha value is -0.670. The Kier molecular flexibility index (Phi) is 5.03. The van der Waals surface area contributed by atoms with Crippen LogP contribution in [0.3, 0.4) is 0 Å². The molecule has 2 nitrogen and oxygen atoms in total. The van der Waals surface area contributed by atoms with Crippen LogP contribution in [-0.4, -0.2) is 22.5 Å². The first-order chi connectivity index (χ1) is 9.41. The predicted octanol–water partition coefficient (Wildman–Crippen LogP) is 3.31. The highest BCUT2D eigenvalue weighted by Crippen LogP contribution is 2.26. The Balaban J connectivity index is 2.11. The van der Waals surface area contributed by atoms with Crippen molar-refractivity contribution in [1.29, 1.82) is 0 Å². The summed E-state index contributed by atoms with van der Waals surface area (Å²) in [4.78, 5) is 0.998. The van der Waals surface area contributed by atoms with E-state index in [-0.39, 0.29) is 11.5 Å². The summed E-state index contributed by atoms with van der Waals surface area (Å²) < 4.78 is 12.6. The fourth-order valence-electron chi connectivity index (χ4n) is 2.80. The summed E-state index contributed by atoms with van der Waals surface area (Å²) in [5.74, 6) is 0.691. The SMILES string of the molecule is CCNC(CS(=O)c1ccc2c(c1)CCC2)C(C)(C)C. The first-order valence-electron chi connectivity index (χ1n) is 7.65. The predicted molar refractivity (Wildman–Crippen MR) is 86.7 cm³/mol. The van der Waals surface area contributed by atoms with Crippen molar-refractivity contribution >= 4 is 10.8 Å². The van der Waals surface area contributed by atoms with Crippen LogP contribution in [0.25, 0.3) is 0 Å². The summed E-state index contributed by atoms with van der Waals surface area (Å²) in [7, 11) is -0.916. The molecule has 0 saturated carbocycles. The minimum Gasteiger partial charge on any atom is -0.313 e. The second-order valence-corrected chi connectivity index (χ2v) is 8.27. The van der Waals surface area contributed by atoms with Gasteiger partial charge in [-0.1, -0.05) is 33.8 Å².